The predicted octanol–water partition coefficient (Wildman–Crippen LogP) is 0.628. The maximum Gasteiger partial charge on any atom is 0.355 e. The van der Waals surface area contributed by atoms with Crippen LogP contribution in [0.2, 0.25) is 0 Å². The van der Waals surface area contributed by atoms with E-state index in [-0.39, 0.29) is 6.61 Å². The van der Waals surface area contributed by atoms with Crippen molar-refractivity contribution >= 4 is 11.7 Å². The van der Waals surface area contributed by atoms with Gasteiger partial charge in [-0.15, -0.1) is 0 Å². The minimum atomic E-state index is -0.656. The normalized spacial score (nSPS) is 12.5. The molecule has 15 heavy (non-hydrogen) atoms. The van der Waals surface area contributed by atoms with Gasteiger partial charge in [-0.25, -0.2) is 4.79 Å². The van der Waals surface area contributed by atoms with Crippen molar-refractivity contribution in [3.8, 4) is 0 Å². The summed E-state index contributed by atoms with van der Waals surface area (Å²) in [4.78, 5) is 11.5. The van der Waals surface area contributed by atoms with E-state index in [1.807, 2.05) is 6.92 Å². The number of nitrogens with zero attached hydrogens (tertiary/aromatic N) is 1. The van der Waals surface area contributed by atoms with Crippen LogP contribution in [0.3, 0.4) is 0 Å². The van der Waals surface area contributed by atoms with Crippen LogP contribution in [0.4, 0.5) is 5.69 Å². The quantitative estimate of drug-likeness (QED) is 0.717. The van der Waals surface area contributed by atoms with Crippen molar-refractivity contribution in [1.29, 1.82) is 0 Å². The maximum atomic E-state index is 11.5. The van der Waals surface area contributed by atoms with Crippen LogP contribution >= 0.6 is 0 Å². The molecule has 5 heteroatoms. The molecule has 0 radical (unpaired) electrons. The fraction of sp³-hybridized carbons (Fsp3) is 0.500. The molecule has 0 aliphatic carbocycles. The first kappa shape index (κ1) is 11.6. The number of nitrogens with two attached hydrogens (primary N) is 1. The minimum absolute atomic E-state index is 0.00632. The lowest BCUT2D eigenvalue weighted by atomic mass is 10.4. The Hall–Kier alpha value is -1.49. The first-order valence-corrected chi connectivity index (χ1v) is 4.85. The van der Waals surface area contributed by atoms with Gasteiger partial charge in [-0.3, -0.25) is 0 Å². The number of anilines is 1. The summed E-state index contributed by atoms with van der Waals surface area (Å²) in [6.45, 7) is 4.11. The molecule has 1 rings (SSSR count). The molecule has 0 bridgehead atoms. The molecule has 1 atom stereocenters. The predicted molar refractivity (Wildman–Crippen MR) is 56.5 cm³/mol. The van der Waals surface area contributed by atoms with Crippen molar-refractivity contribution in [3.05, 3.63) is 18.0 Å². The molecule has 1 heterocycles. The van der Waals surface area contributed by atoms with Gasteiger partial charge in [0, 0.05) is 12.7 Å². The molecule has 3 N–H and O–H groups in total. The van der Waals surface area contributed by atoms with Gasteiger partial charge in [-0.05, 0) is 19.9 Å². The van der Waals surface area contributed by atoms with Crippen LogP contribution in [0.25, 0.3) is 0 Å². The first-order valence-electron chi connectivity index (χ1n) is 4.85. The summed E-state index contributed by atoms with van der Waals surface area (Å²) in [6.07, 6.45) is 1.02. The standard InChI is InChI=1S/C10H16N2O3/c1-3-12-5-8(11)4-9(12)10(14)15-6-7(2)13/h4-5,7,13H,3,6,11H2,1-2H3. The van der Waals surface area contributed by atoms with Crippen molar-refractivity contribution in [2.75, 3.05) is 12.3 Å². The highest BCUT2D eigenvalue weighted by atomic mass is 16.5. The van der Waals surface area contributed by atoms with Gasteiger partial charge in [0.25, 0.3) is 0 Å². The second kappa shape index (κ2) is 4.84. The van der Waals surface area contributed by atoms with Crippen LogP contribution in [-0.2, 0) is 11.3 Å². The maximum absolute atomic E-state index is 11.5. The van der Waals surface area contributed by atoms with Gasteiger partial charge in [0.2, 0.25) is 0 Å². The molecule has 0 fully saturated rings. The van der Waals surface area contributed by atoms with Gasteiger partial charge in [-0.2, -0.15) is 0 Å². The highest BCUT2D eigenvalue weighted by Crippen LogP contribution is 2.11. The third-order valence-electron chi connectivity index (χ3n) is 1.92. The molecule has 5 nitrogen and oxygen atoms in total. The topological polar surface area (TPSA) is 77.5 Å². The first-order chi connectivity index (χ1) is 7.04. The van der Waals surface area contributed by atoms with Crippen molar-refractivity contribution in [2.45, 2.75) is 26.5 Å². The number of hydrogen-bond acceptors (Lipinski definition) is 4. The Morgan fingerprint density at radius 3 is 2.93 bits per heavy atom. The Labute approximate surface area is 88.4 Å². The van der Waals surface area contributed by atoms with Crippen molar-refractivity contribution in [2.24, 2.45) is 0 Å². The number of aliphatic hydroxyl groups excluding tert-OH is 1. The lowest BCUT2D eigenvalue weighted by Crippen LogP contribution is -2.17. The molecule has 0 saturated heterocycles. The van der Waals surface area contributed by atoms with Crippen molar-refractivity contribution in [3.63, 3.8) is 0 Å². The fourth-order valence-electron chi connectivity index (χ4n) is 1.24. The molecular weight excluding hydrogens is 196 g/mol. The summed E-state index contributed by atoms with van der Waals surface area (Å²) in [5.74, 6) is -0.463. The van der Waals surface area contributed by atoms with E-state index in [0.717, 1.165) is 0 Å². The molecule has 0 aliphatic rings. The second-order valence-corrected chi connectivity index (χ2v) is 3.39. The number of aliphatic hydroxyl groups is 1. The fourth-order valence-corrected chi connectivity index (χ4v) is 1.24. The SMILES string of the molecule is CCn1cc(N)cc1C(=O)OCC(C)O. The highest BCUT2D eigenvalue weighted by Gasteiger charge is 2.14. The second-order valence-electron chi connectivity index (χ2n) is 3.39. The van der Waals surface area contributed by atoms with E-state index in [0.29, 0.717) is 17.9 Å². The van der Waals surface area contributed by atoms with Gasteiger partial charge in [-0.1, -0.05) is 0 Å². The average molecular weight is 212 g/mol. The summed E-state index contributed by atoms with van der Waals surface area (Å²) in [6, 6.07) is 1.56. The molecule has 0 amide bonds. The number of carbonyl (C=O) groups excluding carboxylic acids is 1. The molecule has 1 aromatic heterocycles. The molecular formula is C10H16N2O3. The monoisotopic (exact) mass is 212 g/mol. The number of aromatic nitrogens is 1. The molecule has 0 aliphatic heterocycles. The molecule has 1 unspecified atom stereocenters. The number of ether oxygens (including phenoxy) is 1. The summed E-state index contributed by atoms with van der Waals surface area (Å²) >= 11 is 0. The van der Waals surface area contributed by atoms with Gasteiger partial charge in [0.1, 0.15) is 12.3 Å². The van der Waals surface area contributed by atoms with E-state index in [9.17, 15) is 4.79 Å². The molecule has 0 spiro atoms. The van der Waals surface area contributed by atoms with E-state index in [2.05, 4.69) is 0 Å². The zero-order valence-electron chi connectivity index (χ0n) is 8.93. The van der Waals surface area contributed by atoms with Gasteiger partial charge >= 0.3 is 5.97 Å². The summed E-state index contributed by atoms with van der Waals surface area (Å²) in [7, 11) is 0. The van der Waals surface area contributed by atoms with E-state index < -0.39 is 12.1 Å². The van der Waals surface area contributed by atoms with Gasteiger partial charge in [0.15, 0.2) is 0 Å². The minimum Gasteiger partial charge on any atom is -0.458 e. The van der Waals surface area contributed by atoms with E-state index in [4.69, 9.17) is 15.6 Å². The zero-order chi connectivity index (χ0) is 11.4. The molecule has 0 saturated carbocycles. The largest absolute Gasteiger partial charge is 0.458 e. The van der Waals surface area contributed by atoms with Gasteiger partial charge < -0.3 is 20.1 Å². The Morgan fingerprint density at radius 2 is 2.40 bits per heavy atom. The van der Waals surface area contributed by atoms with Crippen LogP contribution in [0.15, 0.2) is 12.3 Å². The van der Waals surface area contributed by atoms with Crippen LogP contribution in [-0.4, -0.2) is 28.4 Å². The van der Waals surface area contributed by atoms with Crippen LogP contribution in [0.5, 0.6) is 0 Å². The third kappa shape index (κ3) is 2.99. The third-order valence-corrected chi connectivity index (χ3v) is 1.92. The average Bonchev–Trinajstić information content (AvgIpc) is 2.56. The van der Waals surface area contributed by atoms with Crippen LogP contribution < -0.4 is 5.73 Å². The number of esters is 1. The Balaban J connectivity index is 2.72. The Morgan fingerprint density at radius 1 is 1.73 bits per heavy atom. The smallest absolute Gasteiger partial charge is 0.355 e. The summed E-state index contributed by atoms with van der Waals surface area (Å²) < 4.78 is 6.59. The molecule has 0 aromatic carbocycles. The van der Waals surface area contributed by atoms with Crippen LogP contribution in [0, 0.1) is 0 Å². The lowest BCUT2D eigenvalue weighted by molar-refractivity contribution is 0.0285. The van der Waals surface area contributed by atoms with Crippen molar-refractivity contribution in [1.82, 2.24) is 4.57 Å². The van der Waals surface area contributed by atoms with Crippen LogP contribution in [0.1, 0.15) is 24.3 Å². The summed E-state index contributed by atoms with van der Waals surface area (Å²) in [5, 5.41) is 8.97. The van der Waals surface area contributed by atoms with Gasteiger partial charge in [0.05, 0.1) is 11.8 Å². The highest BCUT2D eigenvalue weighted by molar-refractivity contribution is 5.89. The number of carbonyl (C=O) groups is 1. The van der Waals surface area contributed by atoms with Crippen molar-refractivity contribution < 1.29 is 14.6 Å². The zero-order valence-corrected chi connectivity index (χ0v) is 8.93. The van der Waals surface area contributed by atoms with E-state index >= 15 is 0 Å². The summed E-state index contributed by atoms with van der Waals surface area (Å²) in [5.41, 5.74) is 6.51. The molecule has 1 aromatic rings. The number of aryl methyl sites for hydroxylation is 1. The Bertz CT molecular complexity index is 344. The lowest BCUT2D eigenvalue weighted by Gasteiger charge is -2.08. The number of hydrogen-bond donors (Lipinski definition) is 2. The Kier molecular flexibility index (Phi) is 3.74. The molecule has 84 valence electrons. The number of rotatable bonds is 4. The number of nitrogen functional groups attached to an aromatic ring is 1. The van der Waals surface area contributed by atoms with E-state index in [1.165, 1.54) is 0 Å². The van der Waals surface area contributed by atoms with E-state index in [1.54, 1.807) is 23.8 Å².